The van der Waals surface area contributed by atoms with E-state index in [-0.39, 0.29) is 48.1 Å². The van der Waals surface area contributed by atoms with Gasteiger partial charge in [-0.05, 0) is 49.4 Å². The molecule has 0 spiro atoms. The molecule has 0 aliphatic carbocycles. The molecule has 0 aromatic rings. The van der Waals surface area contributed by atoms with Crippen LogP contribution in [0.2, 0.25) is 0 Å². The summed E-state index contributed by atoms with van der Waals surface area (Å²) in [5.41, 5.74) is 0. The molecule has 2 nitrogen and oxygen atoms in total. The molecule has 0 unspecified atom stereocenters. The second-order valence-electron chi connectivity index (χ2n) is 9.24. The summed E-state index contributed by atoms with van der Waals surface area (Å²) in [5.74, 6) is 2.89. The first-order valence-corrected chi connectivity index (χ1v) is 12.4. The predicted molar refractivity (Wildman–Crippen MR) is 156 cm³/mol. The third-order valence-electron chi connectivity index (χ3n) is 4.42. The molecule has 0 atom stereocenters. The molecule has 9 heteroatoms. The van der Waals surface area contributed by atoms with Gasteiger partial charge in [0.2, 0.25) is 0 Å². The fourth-order valence-electron chi connectivity index (χ4n) is 2.24. The zero-order valence-corrected chi connectivity index (χ0v) is 27.6. The summed E-state index contributed by atoms with van der Waals surface area (Å²) in [7, 11) is 0. The van der Waals surface area contributed by atoms with E-state index in [1.807, 2.05) is 0 Å². The molecule has 0 rings (SSSR count). The Hall–Kier alpha value is 1.61. The summed E-state index contributed by atoms with van der Waals surface area (Å²) in [6.45, 7) is 21.9. The van der Waals surface area contributed by atoms with Crippen LogP contribution in [0.5, 0.6) is 0 Å². The van der Waals surface area contributed by atoms with Crippen molar-refractivity contribution in [1.82, 2.24) is 9.80 Å². The van der Waals surface area contributed by atoms with E-state index in [0.717, 1.165) is 49.9 Å². The number of hydrogen-bond acceptors (Lipinski definition) is 4. The largest absolute Gasteiger partial charge is 6.00 e. The maximum Gasteiger partial charge on any atom is 6.00 e. The van der Waals surface area contributed by atoms with Gasteiger partial charge >= 0.3 is 21.1 Å². The molecular weight excluding hydrogens is 581 g/mol. The Morgan fingerprint density at radius 3 is 0.806 bits per heavy atom. The van der Waals surface area contributed by atoms with Crippen LogP contribution >= 0.6 is 24.4 Å². The Labute approximate surface area is 245 Å². The quantitative estimate of drug-likeness (QED) is 0.140. The second kappa shape index (κ2) is 26.2. The summed E-state index contributed by atoms with van der Waals surface area (Å²) in [5, 5.41) is 0. The zero-order valence-electron chi connectivity index (χ0n) is 20.7. The van der Waals surface area contributed by atoms with Gasteiger partial charge < -0.3 is 86.5 Å². The average Bonchev–Trinajstić information content (AvgIpc) is 2.53. The predicted octanol–water partition coefficient (Wildman–Crippen LogP) is 6.42. The Balaban J connectivity index is -0.000000133. The van der Waals surface area contributed by atoms with E-state index < -0.39 is 0 Å². The van der Waals surface area contributed by atoms with E-state index in [4.69, 9.17) is 49.7 Å². The van der Waals surface area contributed by atoms with Crippen LogP contribution in [0.3, 0.4) is 0 Å². The number of thiocarbonyl (C=S) groups is 2. The molecule has 0 radical (unpaired) electrons. The summed E-state index contributed by atoms with van der Waals surface area (Å²) in [4.78, 5) is 4.31. The molecule has 0 aliphatic rings. The van der Waals surface area contributed by atoms with Crippen molar-refractivity contribution < 1.29 is 21.1 Å². The van der Waals surface area contributed by atoms with Gasteiger partial charge in [0.1, 0.15) is 0 Å². The molecule has 0 aromatic heterocycles. The standard InChI is InChI=1S/2C11H23NS2.Mo.2S/c2*1-9(2)5-7-12(11(13)14)8-6-10(3)4;;;/h2*9-10H,5-8H2,1-4H3,(H,13,14);;;/q;;+6;2*-2/p-2. The fourth-order valence-corrected chi connectivity index (χ4v) is 2.98. The summed E-state index contributed by atoms with van der Waals surface area (Å²) < 4.78 is 1.26. The van der Waals surface area contributed by atoms with Gasteiger partial charge in [-0.15, -0.1) is 0 Å². The molecule has 0 heterocycles. The van der Waals surface area contributed by atoms with Gasteiger partial charge in [0.25, 0.3) is 0 Å². The Bertz CT molecular complexity index is 359. The van der Waals surface area contributed by atoms with Crippen LogP contribution in [0.4, 0.5) is 0 Å². The molecule has 0 saturated carbocycles. The number of rotatable bonds is 12. The minimum atomic E-state index is 0. The molecule has 0 aromatic carbocycles. The van der Waals surface area contributed by atoms with Crippen LogP contribution in [0.15, 0.2) is 0 Å². The van der Waals surface area contributed by atoms with Crippen LogP contribution in [-0.2, 0) is 73.3 Å². The van der Waals surface area contributed by atoms with E-state index in [1.165, 1.54) is 25.7 Å². The third kappa shape index (κ3) is 31.6. The summed E-state index contributed by atoms with van der Waals surface area (Å²) >= 11 is 20.2. The maximum absolute atomic E-state index is 5.06. The Kier molecular flexibility index (Phi) is 36.1. The first kappa shape index (κ1) is 42.7. The van der Waals surface area contributed by atoms with Gasteiger partial charge in [-0.3, -0.25) is 0 Å². The van der Waals surface area contributed by atoms with Gasteiger partial charge in [0.05, 0.1) is 0 Å². The monoisotopic (exact) mass is 626 g/mol. The summed E-state index contributed by atoms with van der Waals surface area (Å²) in [6.07, 6.45) is 4.70. The van der Waals surface area contributed by atoms with Gasteiger partial charge in [-0.2, -0.15) is 0 Å². The molecular formula is C22H44MoN2S6. The molecule has 0 amide bonds. The maximum atomic E-state index is 5.06. The zero-order chi connectivity index (χ0) is 22.3. The van der Waals surface area contributed by atoms with E-state index >= 15 is 0 Å². The van der Waals surface area contributed by atoms with Gasteiger partial charge in [0, 0.05) is 26.2 Å². The van der Waals surface area contributed by atoms with Gasteiger partial charge in [0.15, 0.2) is 0 Å². The van der Waals surface area contributed by atoms with Crippen molar-refractivity contribution >= 4 is 85.3 Å². The average molecular weight is 625 g/mol. The van der Waals surface area contributed by atoms with Crippen LogP contribution in [-0.4, -0.2) is 44.6 Å². The van der Waals surface area contributed by atoms with Crippen LogP contribution in [0, 0.1) is 23.7 Å². The normalized spacial score (nSPS) is 9.94. The Morgan fingerprint density at radius 1 is 0.548 bits per heavy atom. The third-order valence-corrected chi connectivity index (χ3v) is 5.45. The van der Waals surface area contributed by atoms with Crippen LogP contribution in [0.1, 0.15) is 81.1 Å². The minimum absolute atomic E-state index is 0. The van der Waals surface area contributed by atoms with Gasteiger partial charge in [-0.25, -0.2) is 0 Å². The number of nitrogens with zero attached hydrogens (tertiary/aromatic N) is 2. The molecule has 0 fully saturated rings. The van der Waals surface area contributed by atoms with E-state index in [0.29, 0.717) is 8.64 Å². The molecule has 0 saturated heterocycles. The van der Waals surface area contributed by atoms with Crippen molar-refractivity contribution in [2.75, 3.05) is 26.2 Å². The van der Waals surface area contributed by atoms with Crippen molar-refractivity contribution in [3.63, 3.8) is 0 Å². The van der Waals surface area contributed by atoms with Crippen molar-refractivity contribution in [2.45, 2.75) is 81.1 Å². The minimum Gasteiger partial charge on any atom is -2.00 e. The van der Waals surface area contributed by atoms with Crippen molar-refractivity contribution in [3.8, 4) is 0 Å². The fraction of sp³-hybridized carbons (Fsp3) is 0.909. The van der Waals surface area contributed by atoms with Crippen molar-refractivity contribution in [2.24, 2.45) is 23.7 Å². The van der Waals surface area contributed by atoms with E-state index in [2.05, 4.69) is 65.2 Å². The van der Waals surface area contributed by atoms with Crippen molar-refractivity contribution in [3.05, 3.63) is 0 Å². The topological polar surface area (TPSA) is 6.48 Å². The van der Waals surface area contributed by atoms with Gasteiger partial charge in [-0.1, -0.05) is 64.0 Å². The Morgan fingerprint density at radius 2 is 0.710 bits per heavy atom. The first-order chi connectivity index (χ1) is 12.9. The van der Waals surface area contributed by atoms with E-state index in [9.17, 15) is 0 Å². The second-order valence-corrected chi connectivity index (χ2v) is 11.3. The summed E-state index contributed by atoms with van der Waals surface area (Å²) in [6, 6.07) is 0. The molecule has 184 valence electrons. The van der Waals surface area contributed by atoms with E-state index in [1.54, 1.807) is 0 Å². The molecule has 0 aliphatic heterocycles. The van der Waals surface area contributed by atoms with Crippen LogP contribution < -0.4 is 0 Å². The SMILES string of the molecule is CC(C)CCN(CCC(C)C)C(=S)[S-].CC(C)CCN(CCC(C)C)C(=S)[S-].[Mo+6].[S-2].[S-2]. The molecule has 0 bridgehead atoms. The molecule has 31 heavy (non-hydrogen) atoms. The number of hydrogen-bond donors (Lipinski definition) is 0. The first-order valence-electron chi connectivity index (χ1n) is 10.8. The van der Waals surface area contributed by atoms with Crippen LogP contribution in [0.25, 0.3) is 0 Å². The smallest absolute Gasteiger partial charge is 2.00 e. The van der Waals surface area contributed by atoms with Crippen molar-refractivity contribution in [1.29, 1.82) is 0 Å². The molecule has 0 N–H and O–H groups in total.